The van der Waals surface area contributed by atoms with E-state index in [-0.39, 0.29) is 23.8 Å². The summed E-state index contributed by atoms with van der Waals surface area (Å²) in [6.07, 6.45) is 9.43. The van der Waals surface area contributed by atoms with E-state index in [1.165, 1.54) is 11.8 Å². The zero-order valence-corrected chi connectivity index (χ0v) is 17.5. The number of ether oxygens (including phenoxy) is 2. The van der Waals surface area contributed by atoms with Crippen LogP contribution in [-0.2, 0) is 14.3 Å². The number of amides is 1. The number of thioether (sulfide) groups is 1. The van der Waals surface area contributed by atoms with Gasteiger partial charge in [-0.25, -0.2) is 4.79 Å². The molecule has 0 saturated carbocycles. The Kier molecular flexibility index (Phi) is 7.23. The summed E-state index contributed by atoms with van der Waals surface area (Å²) < 4.78 is 11.8. The van der Waals surface area contributed by atoms with Crippen molar-refractivity contribution in [3.05, 3.63) is 23.8 Å². The van der Waals surface area contributed by atoms with E-state index in [1.807, 2.05) is 6.92 Å². The van der Waals surface area contributed by atoms with Crippen LogP contribution in [-0.4, -0.2) is 46.1 Å². The lowest BCUT2D eigenvalue weighted by atomic mass is 9.79. The molecule has 3 aliphatic rings. The summed E-state index contributed by atoms with van der Waals surface area (Å²) in [7, 11) is 0. The molecule has 0 radical (unpaired) electrons. The number of aliphatic hydroxyl groups is 1. The van der Waals surface area contributed by atoms with Crippen LogP contribution < -0.4 is 5.32 Å². The highest BCUT2D eigenvalue weighted by Crippen LogP contribution is 2.39. The van der Waals surface area contributed by atoms with Crippen LogP contribution in [0.1, 0.15) is 58.8 Å². The lowest BCUT2D eigenvalue weighted by Crippen LogP contribution is -2.61. The molecule has 2 saturated heterocycles. The van der Waals surface area contributed by atoms with Crippen LogP contribution in [0.2, 0.25) is 0 Å². The molecule has 2 fully saturated rings. The van der Waals surface area contributed by atoms with Crippen LogP contribution in [0.4, 0.5) is 4.79 Å². The second-order valence-corrected chi connectivity index (χ2v) is 9.31. The van der Waals surface area contributed by atoms with Gasteiger partial charge in [0.2, 0.25) is 0 Å². The average Bonchev–Trinajstić information content (AvgIpc) is 2.62. The molecule has 28 heavy (non-hydrogen) atoms. The molecule has 6 nitrogen and oxygen atoms in total. The molecular formula is C21H31NO5S. The van der Waals surface area contributed by atoms with Gasteiger partial charge < -0.3 is 19.9 Å². The fourth-order valence-electron chi connectivity index (χ4n) is 4.30. The zero-order valence-electron chi connectivity index (χ0n) is 16.7. The molecule has 0 aliphatic carbocycles. The van der Waals surface area contributed by atoms with Gasteiger partial charge in [0.05, 0.1) is 12.1 Å². The molecule has 2 N–H and O–H groups in total. The number of aliphatic hydroxyl groups excluding tert-OH is 1. The normalized spacial score (nSPS) is 38.0. The quantitative estimate of drug-likeness (QED) is 0.507. The number of carbonyl (C=O) groups excluding carboxylic acids is 2. The average molecular weight is 410 g/mol. The van der Waals surface area contributed by atoms with Crippen molar-refractivity contribution < 1.29 is 24.2 Å². The predicted molar refractivity (Wildman–Crippen MR) is 109 cm³/mol. The summed E-state index contributed by atoms with van der Waals surface area (Å²) >= 11 is 1.24. The van der Waals surface area contributed by atoms with Crippen molar-refractivity contribution in [2.45, 2.75) is 82.8 Å². The fourth-order valence-corrected chi connectivity index (χ4v) is 5.06. The lowest BCUT2D eigenvalue weighted by molar-refractivity contribution is -0.235. The smallest absolute Gasteiger partial charge is 0.331 e. The minimum atomic E-state index is -1.01. The molecule has 7 heteroatoms. The van der Waals surface area contributed by atoms with Crippen molar-refractivity contribution in [3.63, 3.8) is 0 Å². The number of rotatable bonds is 1. The van der Waals surface area contributed by atoms with Crippen LogP contribution in [0.5, 0.6) is 0 Å². The molecule has 3 heterocycles. The van der Waals surface area contributed by atoms with E-state index in [0.717, 1.165) is 31.3 Å². The van der Waals surface area contributed by atoms with E-state index in [0.29, 0.717) is 24.5 Å². The summed E-state index contributed by atoms with van der Waals surface area (Å²) in [6, 6.07) is -0.315. The minimum Gasteiger partial charge on any atom is -0.453 e. The van der Waals surface area contributed by atoms with Crippen LogP contribution in [0.15, 0.2) is 23.8 Å². The van der Waals surface area contributed by atoms with Gasteiger partial charge in [-0.05, 0) is 44.9 Å². The topological polar surface area (TPSA) is 84.9 Å². The molecule has 3 rings (SSSR count). The second kappa shape index (κ2) is 9.46. The third-order valence-corrected chi connectivity index (χ3v) is 6.61. The van der Waals surface area contributed by atoms with Crippen LogP contribution >= 0.6 is 11.8 Å². The minimum absolute atomic E-state index is 0.107. The van der Waals surface area contributed by atoms with E-state index in [9.17, 15) is 14.7 Å². The first-order valence-corrected chi connectivity index (χ1v) is 11.2. The standard InChI is InChI=1S/C21H31NO5S/c1-14-5-3-4-6-15(2)11-18(23)27-21(17-9-10-28-20(25)22-17)12-16(8-7-14)26-19(24)13-21/h3,5,11,14,16-17,19,24H,4,6-10,12-13H2,1-2H3,(H,22,25)/t14-,16-,17+,19-,21-/m1/s1. The predicted octanol–water partition coefficient (Wildman–Crippen LogP) is 3.69. The van der Waals surface area contributed by atoms with E-state index in [2.05, 4.69) is 24.4 Å². The summed E-state index contributed by atoms with van der Waals surface area (Å²) in [5.74, 6) is 0.679. The maximum Gasteiger partial charge on any atom is 0.331 e. The Morgan fingerprint density at radius 1 is 1.25 bits per heavy atom. The fraction of sp³-hybridized carbons (Fsp3) is 0.714. The largest absolute Gasteiger partial charge is 0.453 e. The SMILES string of the molecule is CC1=CC(=O)O[C@]2([C@@H]3CCSC(=O)N3)C[C@@H](CC[C@H](C)C=CCC1)O[C@@H](O)C2. The molecule has 2 bridgehead atoms. The first-order valence-electron chi connectivity index (χ1n) is 10.2. The Morgan fingerprint density at radius 2 is 2.07 bits per heavy atom. The third-order valence-electron chi connectivity index (χ3n) is 5.79. The number of hydrogen-bond acceptors (Lipinski definition) is 6. The highest BCUT2D eigenvalue weighted by atomic mass is 32.2. The Morgan fingerprint density at radius 3 is 2.86 bits per heavy atom. The second-order valence-electron chi connectivity index (χ2n) is 8.24. The lowest BCUT2D eigenvalue weighted by Gasteiger charge is -2.47. The number of carbonyl (C=O) groups is 2. The van der Waals surface area contributed by atoms with Crippen molar-refractivity contribution in [2.75, 3.05) is 5.75 Å². The molecular weight excluding hydrogens is 378 g/mol. The van der Waals surface area contributed by atoms with Crippen molar-refractivity contribution in [1.82, 2.24) is 5.32 Å². The van der Waals surface area contributed by atoms with Crippen molar-refractivity contribution in [1.29, 1.82) is 0 Å². The first-order chi connectivity index (χ1) is 13.4. The molecule has 0 unspecified atom stereocenters. The third kappa shape index (κ3) is 5.61. The zero-order chi connectivity index (χ0) is 20.1. The molecule has 0 aromatic heterocycles. The van der Waals surface area contributed by atoms with Gasteiger partial charge in [0.15, 0.2) is 6.29 Å². The van der Waals surface area contributed by atoms with Crippen molar-refractivity contribution in [3.8, 4) is 0 Å². The maximum atomic E-state index is 12.7. The number of nitrogens with one attached hydrogen (secondary N) is 1. The summed E-state index contributed by atoms with van der Waals surface area (Å²) in [4.78, 5) is 24.7. The maximum absolute atomic E-state index is 12.7. The van der Waals surface area contributed by atoms with Gasteiger partial charge in [-0.3, -0.25) is 4.79 Å². The number of esters is 1. The van der Waals surface area contributed by atoms with Gasteiger partial charge in [0, 0.05) is 24.7 Å². The molecule has 5 atom stereocenters. The van der Waals surface area contributed by atoms with Gasteiger partial charge in [-0.15, -0.1) is 0 Å². The molecule has 0 spiro atoms. The highest BCUT2D eigenvalue weighted by Gasteiger charge is 2.50. The van der Waals surface area contributed by atoms with Crippen molar-refractivity contribution in [2.24, 2.45) is 5.92 Å². The van der Waals surface area contributed by atoms with Gasteiger partial charge in [0.25, 0.3) is 5.24 Å². The Balaban J connectivity index is 1.90. The number of fused-ring (bicyclic) bond motifs is 2. The molecule has 0 aromatic rings. The van der Waals surface area contributed by atoms with Crippen LogP contribution in [0.3, 0.4) is 0 Å². The molecule has 3 aliphatic heterocycles. The molecule has 156 valence electrons. The van der Waals surface area contributed by atoms with Gasteiger partial charge in [-0.2, -0.15) is 0 Å². The van der Waals surface area contributed by atoms with E-state index in [4.69, 9.17) is 9.47 Å². The first kappa shape index (κ1) is 21.4. The summed E-state index contributed by atoms with van der Waals surface area (Å²) in [5.41, 5.74) is 0.0117. The monoisotopic (exact) mass is 409 g/mol. The number of allylic oxidation sites excluding steroid dienone is 3. The Hall–Kier alpha value is -1.31. The summed E-state index contributed by atoms with van der Waals surface area (Å²) in [6.45, 7) is 4.11. The van der Waals surface area contributed by atoms with Crippen LogP contribution in [0.25, 0.3) is 0 Å². The van der Waals surface area contributed by atoms with Crippen molar-refractivity contribution >= 4 is 23.0 Å². The highest BCUT2D eigenvalue weighted by molar-refractivity contribution is 8.13. The van der Waals surface area contributed by atoms with E-state index in [1.54, 1.807) is 6.08 Å². The Bertz CT molecular complexity index is 649. The van der Waals surface area contributed by atoms with Gasteiger partial charge >= 0.3 is 5.97 Å². The van der Waals surface area contributed by atoms with Gasteiger partial charge in [-0.1, -0.05) is 36.4 Å². The summed E-state index contributed by atoms with van der Waals surface area (Å²) in [5, 5.41) is 13.3. The molecule has 0 aromatic carbocycles. The van der Waals surface area contributed by atoms with E-state index < -0.39 is 17.9 Å². The Labute approximate surface area is 171 Å². The molecule has 1 amide bonds. The number of hydrogen-bond donors (Lipinski definition) is 2. The van der Waals surface area contributed by atoms with E-state index >= 15 is 0 Å². The van der Waals surface area contributed by atoms with Crippen LogP contribution in [0, 0.1) is 5.92 Å². The van der Waals surface area contributed by atoms with Gasteiger partial charge in [0.1, 0.15) is 5.60 Å².